The molecule has 0 amide bonds. The molecule has 3 atom stereocenters. The molecule has 0 bridgehead atoms. The lowest BCUT2D eigenvalue weighted by Crippen LogP contribution is -2.43. The summed E-state index contributed by atoms with van der Waals surface area (Å²) in [6.45, 7) is 3.23. The van der Waals surface area contributed by atoms with Crippen LogP contribution in [0.4, 0.5) is 0 Å². The van der Waals surface area contributed by atoms with Gasteiger partial charge in [0.1, 0.15) is 0 Å². The molecule has 4 rings (SSSR count). The fourth-order valence-electron chi connectivity index (χ4n) is 4.95. The molecule has 1 aromatic carbocycles. The lowest BCUT2D eigenvalue weighted by Gasteiger charge is -2.36. The maximum Gasteiger partial charge on any atom is 0.0784 e. The Labute approximate surface area is 179 Å². The second-order valence-electron chi connectivity index (χ2n) is 8.28. The number of hydrogen-bond donors (Lipinski definition) is 0. The van der Waals surface area contributed by atoms with Gasteiger partial charge in [0.05, 0.1) is 26.1 Å². The third-order valence-electron chi connectivity index (χ3n) is 6.40. The first-order valence-electron chi connectivity index (χ1n) is 11.0. The monoisotopic (exact) mass is 411 g/mol. The molecule has 0 N–H and O–H groups in total. The van der Waals surface area contributed by atoms with Crippen LogP contribution in [0.25, 0.3) is 10.4 Å². The van der Waals surface area contributed by atoms with Crippen LogP contribution < -0.4 is 0 Å². The summed E-state index contributed by atoms with van der Waals surface area (Å²) in [6.07, 6.45) is 11.9. The molecule has 3 nitrogen and oxygen atoms in total. The van der Waals surface area contributed by atoms with Crippen molar-refractivity contribution in [2.75, 3.05) is 20.2 Å². The van der Waals surface area contributed by atoms with E-state index in [4.69, 9.17) is 9.47 Å². The highest BCUT2D eigenvalue weighted by Crippen LogP contribution is 2.37. The molecule has 0 radical (unpaired) electrons. The second-order valence-corrected chi connectivity index (χ2v) is 9.19. The van der Waals surface area contributed by atoms with Gasteiger partial charge in [-0.25, -0.2) is 0 Å². The lowest BCUT2D eigenvalue weighted by molar-refractivity contribution is -0.000127. The molecule has 29 heavy (non-hydrogen) atoms. The Bertz CT molecular complexity index is 766. The van der Waals surface area contributed by atoms with Crippen LogP contribution in [0.3, 0.4) is 0 Å². The Morgan fingerprint density at radius 2 is 1.93 bits per heavy atom. The number of thiophene rings is 1. The predicted molar refractivity (Wildman–Crippen MR) is 121 cm³/mol. The van der Waals surface area contributed by atoms with Crippen molar-refractivity contribution >= 4 is 11.3 Å². The van der Waals surface area contributed by atoms with Crippen molar-refractivity contribution in [1.29, 1.82) is 0 Å². The molecule has 1 aliphatic carbocycles. The van der Waals surface area contributed by atoms with E-state index in [1.165, 1.54) is 61.2 Å². The van der Waals surface area contributed by atoms with Crippen LogP contribution in [0, 0.1) is 5.92 Å². The average molecular weight is 412 g/mol. The van der Waals surface area contributed by atoms with Crippen molar-refractivity contribution in [1.82, 2.24) is 4.90 Å². The Morgan fingerprint density at radius 1 is 1.10 bits per heavy atom. The van der Waals surface area contributed by atoms with E-state index in [-0.39, 0.29) is 0 Å². The zero-order chi connectivity index (χ0) is 19.9. The van der Waals surface area contributed by atoms with Crippen LogP contribution in [0.15, 0.2) is 54.1 Å². The first kappa shape index (κ1) is 20.6. The SMILES string of the molecule is COC=CC[C@H]1[C@H](N2CCCCC2)CC[C@H]1OCc1csc(-c2ccccc2)c1. The number of methoxy groups -OCH3 is 1. The summed E-state index contributed by atoms with van der Waals surface area (Å²) in [5.74, 6) is 0.562. The van der Waals surface area contributed by atoms with Gasteiger partial charge < -0.3 is 14.4 Å². The minimum absolute atomic E-state index is 0.337. The van der Waals surface area contributed by atoms with Crippen molar-refractivity contribution in [3.8, 4) is 10.4 Å². The summed E-state index contributed by atoms with van der Waals surface area (Å²) in [4.78, 5) is 4.05. The van der Waals surface area contributed by atoms with E-state index < -0.39 is 0 Å². The molecule has 2 aromatic rings. The van der Waals surface area contributed by atoms with Gasteiger partial charge >= 0.3 is 0 Å². The van der Waals surface area contributed by atoms with Crippen LogP contribution >= 0.6 is 11.3 Å². The van der Waals surface area contributed by atoms with Crippen molar-refractivity contribution in [3.63, 3.8) is 0 Å². The third-order valence-corrected chi connectivity index (χ3v) is 7.42. The van der Waals surface area contributed by atoms with E-state index in [2.05, 4.69) is 52.8 Å². The normalized spacial score (nSPS) is 25.6. The van der Waals surface area contributed by atoms with E-state index in [0.29, 0.717) is 24.7 Å². The summed E-state index contributed by atoms with van der Waals surface area (Å²) < 4.78 is 11.7. The average Bonchev–Trinajstić information content (AvgIpc) is 3.41. The Hall–Kier alpha value is -1.62. The number of piperidine rings is 1. The molecular weight excluding hydrogens is 378 g/mol. The molecule has 1 saturated heterocycles. The van der Waals surface area contributed by atoms with Gasteiger partial charge in [0, 0.05) is 16.8 Å². The molecule has 2 heterocycles. The van der Waals surface area contributed by atoms with E-state index in [0.717, 1.165) is 6.42 Å². The maximum atomic E-state index is 6.51. The van der Waals surface area contributed by atoms with Gasteiger partial charge in [-0.1, -0.05) is 36.8 Å². The number of nitrogens with zero attached hydrogens (tertiary/aromatic N) is 1. The number of benzene rings is 1. The number of likely N-dealkylation sites (tertiary alicyclic amines) is 1. The van der Waals surface area contributed by atoms with E-state index in [1.54, 1.807) is 7.11 Å². The van der Waals surface area contributed by atoms with E-state index in [1.807, 2.05) is 17.6 Å². The first-order chi connectivity index (χ1) is 14.3. The summed E-state index contributed by atoms with van der Waals surface area (Å²) in [7, 11) is 1.72. The van der Waals surface area contributed by atoms with Crippen LogP contribution in [-0.4, -0.2) is 37.2 Å². The van der Waals surface area contributed by atoms with E-state index >= 15 is 0 Å². The largest absolute Gasteiger partial charge is 0.505 e. The lowest BCUT2D eigenvalue weighted by atomic mass is 9.94. The number of allylic oxidation sites excluding steroid dienone is 1. The molecular formula is C25H33NO2S. The molecule has 156 valence electrons. The van der Waals surface area contributed by atoms with Gasteiger partial charge in [-0.3, -0.25) is 0 Å². The molecule has 1 aromatic heterocycles. The highest BCUT2D eigenvalue weighted by atomic mass is 32.1. The first-order valence-corrected chi connectivity index (χ1v) is 11.9. The van der Waals surface area contributed by atoms with Gasteiger partial charge in [-0.15, -0.1) is 11.3 Å². The van der Waals surface area contributed by atoms with Crippen molar-refractivity contribution in [2.24, 2.45) is 5.92 Å². The maximum absolute atomic E-state index is 6.51. The predicted octanol–water partition coefficient (Wildman–Crippen LogP) is 6.12. The molecule has 0 unspecified atom stereocenters. The Morgan fingerprint density at radius 3 is 2.72 bits per heavy atom. The number of rotatable bonds is 8. The van der Waals surface area contributed by atoms with Crippen molar-refractivity contribution in [3.05, 3.63) is 59.7 Å². The fraction of sp³-hybridized carbons (Fsp3) is 0.520. The van der Waals surface area contributed by atoms with Gasteiger partial charge in [-0.2, -0.15) is 0 Å². The Balaban J connectivity index is 1.38. The van der Waals surface area contributed by atoms with Gasteiger partial charge in [0.15, 0.2) is 0 Å². The van der Waals surface area contributed by atoms with Crippen LogP contribution in [0.5, 0.6) is 0 Å². The van der Waals surface area contributed by atoms with E-state index in [9.17, 15) is 0 Å². The van der Waals surface area contributed by atoms with Gasteiger partial charge in [0.25, 0.3) is 0 Å². The Kier molecular flexibility index (Phi) is 7.42. The number of hydrogen-bond acceptors (Lipinski definition) is 4. The van der Waals surface area contributed by atoms with Gasteiger partial charge in [0.2, 0.25) is 0 Å². The standard InChI is InChI=1S/C25H33NO2S/c1-27-16-8-11-22-23(26-14-6-3-7-15-26)12-13-24(22)28-18-20-17-25(29-19-20)21-9-4-2-5-10-21/h2,4-5,8-10,16-17,19,22-24H,3,6-7,11-15,18H2,1H3/t22-,23+,24+/m0/s1. The molecule has 0 spiro atoms. The number of ether oxygens (including phenoxy) is 2. The third kappa shape index (κ3) is 5.30. The van der Waals surface area contributed by atoms with Crippen LogP contribution in [-0.2, 0) is 16.1 Å². The fourth-order valence-corrected chi connectivity index (χ4v) is 5.85. The highest BCUT2D eigenvalue weighted by molar-refractivity contribution is 7.13. The molecule has 2 aliphatic rings. The van der Waals surface area contributed by atoms with Crippen molar-refractivity contribution < 1.29 is 9.47 Å². The van der Waals surface area contributed by atoms with Gasteiger partial charge in [-0.05, 0) is 73.8 Å². The molecule has 1 saturated carbocycles. The minimum Gasteiger partial charge on any atom is -0.505 e. The summed E-state index contributed by atoms with van der Waals surface area (Å²) >= 11 is 1.81. The minimum atomic E-state index is 0.337. The topological polar surface area (TPSA) is 21.7 Å². The second kappa shape index (κ2) is 10.4. The summed E-state index contributed by atoms with van der Waals surface area (Å²) in [6, 6.07) is 13.6. The quantitative estimate of drug-likeness (QED) is 0.489. The zero-order valence-corrected chi connectivity index (χ0v) is 18.3. The van der Waals surface area contributed by atoms with Crippen LogP contribution in [0.1, 0.15) is 44.1 Å². The summed E-state index contributed by atoms with van der Waals surface area (Å²) in [5.41, 5.74) is 2.58. The van der Waals surface area contributed by atoms with Crippen LogP contribution in [0.2, 0.25) is 0 Å². The molecule has 4 heteroatoms. The summed E-state index contributed by atoms with van der Waals surface area (Å²) in [5, 5.41) is 2.25. The highest BCUT2D eigenvalue weighted by Gasteiger charge is 2.39. The molecule has 1 aliphatic heterocycles. The zero-order valence-electron chi connectivity index (χ0n) is 17.5. The molecule has 2 fully saturated rings. The van der Waals surface area contributed by atoms with Crippen molar-refractivity contribution in [2.45, 2.75) is 57.3 Å². The smallest absolute Gasteiger partial charge is 0.0784 e.